The van der Waals surface area contributed by atoms with E-state index in [9.17, 15) is 4.79 Å². The molecule has 0 aliphatic heterocycles. The molecule has 2 aromatic rings. The summed E-state index contributed by atoms with van der Waals surface area (Å²) in [6, 6.07) is 1.83. The number of halogens is 1. The zero-order valence-corrected chi connectivity index (χ0v) is 11.7. The van der Waals surface area contributed by atoms with Gasteiger partial charge in [-0.25, -0.2) is 4.98 Å². The Kier molecular flexibility index (Phi) is 4.19. The van der Waals surface area contributed by atoms with Crippen molar-refractivity contribution in [2.24, 2.45) is 0 Å². The van der Waals surface area contributed by atoms with E-state index in [-0.39, 0.29) is 5.91 Å². The molecule has 6 heteroatoms. The SMILES string of the molecule is CCCn1cc(Br)cc1C(=O)NCc1ncc[nH]1. The molecule has 0 aliphatic rings. The third-order valence-corrected chi connectivity index (χ3v) is 2.97. The molecule has 0 atom stereocenters. The number of amides is 1. The molecule has 0 radical (unpaired) electrons. The maximum atomic E-state index is 12.1. The Bertz CT molecular complexity index is 518. The smallest absolute Gasteiger partial charge is 0.268 e. The molecule has 2 N–H and O–H groups in total. The summed E-state index contributed by atoms with van der Waals surface area (Å²) in [6.45, 7) is 3.31. The van der Waals surface area contributed by atoms with Crippen molar-refractivity contribution < 1.29 is 4.79 Å². The van der Waals surface area contributed by atoms with E-state index in [2.05, 4.69) is 38.1 Å². The predicted octanol–water partition coefficient (Wildman–Crippen LogP) is 2.31. The van der Waals surface area contributed by atoms with Crippen molar-refractivity contribution in [2.45, 2.75) is 26.4 Å². The van der Waals surface area contributed by atoms with Crippen molar-refractivity contribution in [3.8, 4) is 0 Å². The molecule has 0 bridgehead atoms. The minimum atomic E-state index is -0.0921. The highest BCUT2D eigenvalue weighted by Crippen LogP contribution is 2.15. The van der Waals surface area contributed by atoms with Gasteiger partial charge in [0, 0.05) is 29.6 Å². The van der Waals surface area contributed by atoms with Crippen LogP contribution >= 0.6 is 15.9 Å². The number of nitrogens with one attached hydrogen (secondary N) is 2. The van der Waals surface area contributed by atoms with Gasteiger partial charge in [-0.15, -0.1) is 0 Å². The number of nitrogens with zero attached hydrogens (tertiary/aromatic N) is 2. The van der Waals surface area contributed by atoms with E-state index in [4.69, 9.17) is 0 Å². The van der Waals surface area contributed by atoms with Gasteiger partial charge in [-0.05, 0) is 28.4 Å². The highest BCUT2D eigenvalue weighted by atomic mass is 79.9. The summed E-state index contributed by atoms with van der Waals surface area (Å²) in [4.78, 5) is 19.1. The van der Waals surface area contributed by atoms with Crippen molar-refractivity contribution in [2.75, 3.05) is 0 Å². The second-order valence-corrected chi connectivity index (χ2v) is 4.87. The first-order valence-electron chi connectivity index (χ1n) is 5.83. The maximum Gasteiger partial charge on any atom is 0.268 e. The fourth-order valence-corrected chi connectivity index (χ4v) is 2.20. The molecule has 0 aromatic carbocycles. The van der Waals surface area contributed by atoms with E-state index >= 15 is 0 Å². The Hall–Kier alpha value is -1.56. The van der Waals surface area contributed by atoms with Gasteiger partial charge in [-0.2, -0.15) is 0 Å². The second-order valence-electron chi connectivity index (χ2n) is 3.96. The van der Waals surface area contributed by atoms with Crippen molar-refractivity contribution >= 4 is 21.8 Å². The summed E-state index contributed by atoms with van der Waals surface area (Å²) in [7, 11) is 0. The van der Waals surface area contributed by atoms with Crippen LogP contribution in [-0.4, -0.2) is 20.4 Å². The molecule has 0 saturated carbocycles. The van der Waals surface area contributed by atoms with Gasteiger partial charge in [-0.1, -0.05) is 6.92 Å². The first-order chi connectivity index (χ1) is 8.70. The van der Waals surface area contributed by atoms with Gasteiger partial charge >= 0.3 is 0 Å². The molecule has 5 nitrogen and oxygen atoms in total. The van der Waals surface area contributed by atoms with E-state index < -0.39 is 0 Å². The minimum Gasteiger partial charge on any atom is -0.347 e. The molecule has 2 heterocycles. The van der Waals surface area contributed by atoms with E-state index in [1.54, 1.807) is 12.4 Å². The van der Waals surface area contributed by atoms with Crippen LogP contribution in [0.25, 0.3) is 0 Å². The average molecular weight is 311 g/mol. The summed E-state index contributed by atoms with van der Waals surface area (Å²) < 4.78 is 2.86. The highest BCUT2D eigenvalue weighted by molar-refractivity contribution is 9.10. The highest BCUT2D eigenvalue weighted by Gasteiger charge is 2.12. The summed E-state index contributed by atoms with van der Waals surface area (Å²) >= 11 is 3.39. The first kappa shape index (κ1) is 12.9. The molecule has 0 unspecified atom stereocenters. The molecular formula is C12H15BrN4O. The maximum absolute atomic E-state index is 12.1. The number of carbonyl (C=O) groups excluding carboxylic acids is 1. The molecular weight excluding hydrogens is 296 g/mol. The molecule has 96 valence electrons. The fourth-order valence-electron chi connectivity index (χ4n) is 1.74. The number of H-pyrrole nitrogens is 1. The Labute approximate surface area is 114 Å². The summed E-state index contributed by atoms with van der Waals surface area (Å²) in [5.74, 6) is 0.654. The zero-order valence-electron chi connectivity index (χ0n) is 10.1. The monoisotopic (exact) mass is 310 g/mol. The number of imidazole rings is 1. The van der Waals surface area contributed by atoms with E-state index in [0.29, 0.717) is 12.2 Å². The first-order valence-corrected chi connectivity index (χ1v) is 6.62. The molecule has 2 aromatic heterocycles. The van der Waals surface area contributed by atoms with Gasteiger partial charge < -0.3 is 14.9 Å². The third kappa shape index (κ3) is 3.01. The molecule has 2 rings (SSSR count). The summed E-state index contributed by atoms with van der Waals surface area (Å²) in [6.07, 6.45) is 6.31. The van der Waals surface area contributed by atoms with E-state index in [1.807, 2.05) is 16.8 Å². The van der Waals surface area contributed by atoms with E-state index in [1.165, 1.54) is 0 Å². The normalized spacial score (nSPS) is 10.6. The molecule has 0 fully saturated rings. The van der Waals surface area contributed by atoms with Crippen LogP contribution in [0, 0.1) is 0 Å². The Balaban J connectivity index is 2.03. The van der Waals surface area contributed by atoms with Crippen LogP contribution < -0.4 is 5.32 Å². The van der Waals surface area contributed by atoms with Crippen LogP contribution in [0.1, 0.15) is 29.7 Å². The van der Waals surface area contributed by atoms with Gasteiger partial charge in [0.2, 0.25) is 0 Å². The lowest BCUT2D eigenvalue weighted by molar-refractivity contribution is 0.0940. The number of rotatable bonds is 5. The Morgan fingerprint density at radius 2 is 2.44 bits per heavy atom. The number of aromatic nitrogens is 3. The lowest BCUT2D eigenvalue weighted by Crippen LogP contribution is -2.25. The number of hydrogen-bond donors (Lipinski definition) is 2. The molecule has 1 amide bonds. The molecule has 0 spiro atoms. The molecule has 0 aliphatic carbocycles. The number of aryl methyl sites for hydroxylation is 1. The molecule has 18 heavy (non-hydrogen) atoms. The third-order valence-electron chi connectivity index (χ3n) is 2.53. The minimum absolute atomic E-state index is 0.0921. The van der Waals surface area contributed by atoms with Crippen LogP contribution in [0.15, 0.2) is 29.1 Å². The van der Waals surface area contributed by atoms with Crippen LogP contribution in [0.5, 0.6) is 0 Å². The van der Waals surface area contributed by atoms with Gasteiger partial charge in [0.1, 0.15) is 11.5 Å². The van der Waals surface area contributed by atoms with Crippen molar-refractivity contribution in [3.63, 3.8) is 0 Å². The Morgan fingerprint density at radius 3 is 3.11 bits per heavy atom. The van der Waals surface area contributed by atoms with E-state index in [0.717, 1.165) is 23.3 Å². The van der Waals surface area contributed by atoms with Crippen molar-refractivity contribution in [3.05, 3.63) is 40.6 Å². The van der Waals surface area contributed by atoms with Crippen LogP contribution in [-0.2, 0) is 13.1 Å². The van der Waals surface area contributed by atoms with Gasteiger partial charge in [0.05, 0.1) is 6.54 Å². The lowest BCUT2D eigenvalue weighted by atomic mass is 10.3. The van der Waals surface area contributed by atoms with Crippen molar-refractivity contribution in [1.82, 2.24) is 19.9 Å². The van der Waals surface area contributed by atoms with Gasteiger partial charge in [0.15, 0.2) is 0 Å². The molecule has 0 saturated heterocycles. The second kappa shape index (κ2) is 5.86. The zero-order chi connectivity index (χ0) is 13.0. The topological polar surface area (TPSA) is 62.7 Å². The standard InChI is InChI=1S/C12H15BrN4O/c1-2-5-17-8-9(13)6-10(17)12(18)16-7-11-14-3-4-15-11/h3-4,6,8H,2,5,7H2,1H3,(H,14,15)(H,16,18). The van der Waals surface area contributed by atoms with Crippen LogP contribution in [0.2, 0.25) is 0 Å². The average Bonchev–Trinajstić information content (AvgIpc) is 2.96. The lowest BCUT2D eigenvalue weighted by Gasteiger charge is -2.07. The van der Waals surface area contributed by atoms with Crippen LogP contribution in [0.3, 0.4) is 0 Å². The quantitative estimate of drug-likeness (QED) is 0.890. The largest absolute Gasteiger partial charge is 0.347 e. The van der Waals surface area contributed by atoms with Crippen LogP contribution in [0.4, 0.5) is 0 Å². The predicted molar refractivity (Wildman–Crippen MR) is 72.2 cm³/mol. The summed E-state index contributed by atoms with van der Waals surface area (Å²) in [5, 5.41) is 2.84. The number of hydrogen-bond acceptors (Lipinski definition) is 2. The summed E-state index contributed by atoms with van der Waals surface area (Å²) in [5.41, 5.74) is 0.662. The van der Waals surface area contributed by atoms with Gasteiger partial charge in [-0.3, -0.25) is 4.79 Å². The van der Waals surface area contributed by atoms with Gasteiger partial charge in [0.25, 0.3) is 5.91 Å². The Morgan fingerprint density at radius 1 is 1.61 bits per heavy atom. The number of carbonyl (C=O) groups is 1. The number of aromatic amines is 1. The van der Waals surface area contributed by atoms with Crippen molar-refractivity contribution in [1.29, 1.82) is 0 Å². The fraction of sp³-hybridized carbons (Fsp3) is 0.333.